The molecule has 2 saturated heterocycles. The summed E-state index contributed by atoms with van der Waals surface area (Å²) >= 11 is 0. The molecule has 2 amide bonds. The van der Waals surface area contributed by atoms with Crippen molar-refractivity contribution in [3.63, 3.8) is 0 Å². The summed E-state index contributed by atoms with van der Waals surface area (Å²) in [6.45, 7) is 3.31. The average molecular weight is 280 g/mol. The predicted octanol–water partition coefficient (Wildman–Crippen LogP) is 1.17. The Morgan fingerprint density at radius 1 is 1.25 bits per heavy atom. The Morgan fingerprint density at radius 3 is 2.55 bits per heavy atom. The van der Waals surface area contributed by atoms with Gasteiger partial charge in [0, 0.05) is 13.7 Å². The third kappa shape index (κ3) is 1.94. The molecule has 0 aromatic heterocycles. The first-order chi connectivity index (χ1) is 9.62. The second-order valence-electron chi connectivity index (χ2n) is 6.32. The molecule has 0 aromatic carbocycles. The van der Waals surface area contributed by atoms with Crippen molar-refractivity contribution in [1.29, 1.82) is 0 Å². The zero-order valence-electron chi connectivity index (χ0n) is 12.4. The third-order valence-corrected chi connectivity index (χ3v) is 5.31. The standard InChI is InChI=1S/C15H24N2O3/c1-3-11-13(18)16-9-4-6-12(16)14(19)17(11)10-15(20-2)7-5-8-15/h11-12H,3-10H2,1-2H3. The van der Waals surface area contributed by atoms with Crippen LogP contribution in [0.25, 0.3) is 0 Å². The number of hydrogen-bond donors (Lipinski definition) is 0. The molecule has 0 N–H and O–H groups in total. The van der Waals surface area contributed by atoms with Crippen molar-refractivity contribution in [3.05, 3.63) is 0 Å². The summed E-state index contributed by atoms with van der Waals surface area (Å²) in [5.74, 6) is 0.275. The summed E-state index contributed by atoms with van der Waals surface area (Å²) in [5, 5.41) is 0. The Bertz CT molecular complexity index is 414. The van der Waals surface area contributed by atoms with Crippen LogP contribution in [0.4, 0.5) is 0 Å². The Morgan fingerprint density at radius 2 is 2.00 bits per heavy atom. The maximum atomic E-state index is 12.7. The molecule has 2 aliphatic heterocycles. The molecule has 0 radical (unpaired) electrons. The van der Waals surface area contributed by atoms with Gasteiger partial charge < -0.3 is 14.5 Å². The van der Waals surface area contributed by atoms with Gasteiger partial charge in [-0.05, 0) is 38.5 Å². The lowest BCUT2D eigenvalue weighted by Crippen LogP contribution is -2.66. The molecule has 3 aliphatic rings. The molecule has 2 heterocycles. The smallest absolute Gasteiger partial charge is 0.246 e. The van der Waals surface area contributed by atoms with Crippen molar-refractivity contribution >= 4 is 11.8 Å². The highest BCUT2D eigenvalue weighted by Crippen LogP contribution is 2.38. The summed E-state index contributed by atoms with van der Waals surface area (Å²) in [7, 11) is 1.72. The highest BCUT2D eigenvalue weighted by atomic mass is 16.5. The molecular formula is C15H24N2O3. The van der Waals surface area contributed by atoms with Gasteiger partial charge in [-0.15, -0.1) is 0 Å². The lowest BCUT2D eigenvalue weighted by molar-refractivity contribution is -0.167. The Balaban J connectivity index is 1.83. The van der Waals surface area contributed by atoms with E-state index in [1.165, 1.54) is 0 Å². The summed E-state index contributed by atoms with van der Waals surface area (Å²) in [6.07, 6.45) is 5.58. The molecule has 20 heavy (non-hydrogen) atoms. The molecule has 5 nitrogen and oxygen atoms in total. The fourth-order valence-corrected chi connectivity index (χ4v) is 3.85. The number of nitrogens with zero attached hydrogens (tertiary/aromatic N) is 2. The van der Waals surface area contributed by atoms with Gasteiger partial charge in [0.1, 0.15) is 12.1 Å². The SMILES string of the molecule is CCC1C(=O)N2CCCC2C(=O)N1CC1(OC)CCC1. The lowest BCUT2D eigenvalue weighted by Gasteiger charge is -2.49. The van der Waals surface area contributed by atoms with Crippen LogP contribution >= 0.6 is 0 Å². The van der Waals surface area contributed by atoms with Crippen molar-refractivity contribution in [2.45, 2.75) is 63.1 Å². The topological polar surface area (TPSA) is 49.9 Å². The van der Waals surface area contributed by atoms with Crippen molar-refractivity contribution in [3.8, 4) is 0 Å². The van der Waals surface area contributed by atoms with Gasteiger partial charge in [0.25, 0.3) is 0 Å². The van der Waals surface area contributed by atoms with Crippen LogP contribution in [0.2, 0.25) is 0 Å². The van der Waals surface area contributed by atoms with Gasteiger partial charge in [-0.3, -0.25) is 9.59 Å². The Labute approximate surface area is 120 Å². The van der Waals surface area contributed by atoms with E-state index in [0.717, 1.165) is 38.6 Å². The maximum Gasteiger partial charge on any atom is 0.246 e. The zero-order chi connectivity index (χ0) is 14.3. The molecule has 2 unspecified atom stereocenters. The number of carbonyl (C=O) groups excluding carboxylic acids is 2. The van der Waals surface area contributed by atoms with Crippen LogP contribution in [0.1, 0.15) is 45.4 Å². The first-order valence-electron chi connectivity index (χ1n) is 7.78. The highest BCUT2D eigenvalue weighted by Gasteiger charge is 2.50. The van der Waals surface area contributed by atoms with Crippen molar-refractivity contribution in [2.75, 3.05) is 20.2 Å². The van der Waals surface area contributed by atoms with E-state index in [4.69, 9.17) is 4.74 Å². The van der Waals surface area contributed by atoms with Crippen LogP contribution in [0.3, 0.4) is 0 Å². The number of fused-ring (bicyclic) bond motifs is 1. The van der Waals surface area contributed by atoms with Gasteiger partial charge in [0.05, 0.1) is 12.1 Å². The number of amides is 2. The fourth-order valence-electron chi connectivity index (χ4n) is 3.85. The molecule has 5 heteroatoms. The van der Waals surface area contributed by atoms with Crippen LogP contribution in [0.15, 0.2) is 0 Å². The molecule has 3 rings (SSSR count). The molecule has 0 spiro atoms. The lowest BCUT2D eigenvalue weighted by atomic mass is 9.79. The summed E-state index contributed by atoms with van der Waals surface area (Å²) in [4.78, 5) is 28.9. The minimum atomic E-state index is -0.288. The number of rotatable bonds is 4. The van der Waals surface area contributed by atoms with E-state index in [2.05, 4.69) is 0 Å². The summed E-state index contributed by atoms with van der Waals surface area (Å²) in [5.41, 5.74) is -0.204. The van der Waals surface area contributed by atoms with E-state index >= 15 is 0 Å². The minimum Gasteiger partial charge on any atom is -0.376 e. The first-order valence-corrected chi connectivity index (χ1v) is 7.78. The fraction of sp³-hybridized carbons (Fsp3) is 0.867. The van der Waals surface area contributed by atoms with Crippen molar-refractivity contribution < 1.29 is 14.3 Å². The molecule has 2 atom stereocenters. The van der Waals surface area contributed by atoms with E-state index in [0.29, 0.717) is 13.0 Å². The Hall–Kier alpha value is -1.10. The monoisotopic (exact) mass is 280 g/mol. The van der Waals surface area contributed by atoms with E-state index in [1.807, 2.05) is 11.8 Å². The number of ether oxygens (including phenoxy) is 1. The second-order valence-corrected chi connectivity index (χ2v) is 6.32. The molecule has 1 aliphatic carbocycles. The van der Waals surface area contributed by atoms with E-state index in [9.17, 15) is 9.59 Å². The van der Waals surface area contributed by atoms with Crippen LogP contribution in [0, 0.1) is 0 Å². The summed E-state index contributed by atoms with van der Waals surface area (Å²) in [6, 6.07) is -0.497. The van der Waals surface area contributed by atoms with Crippen LogP contribution < -0.4 is 0 Å². The molecule has 0 bridgehead atoms. The minimum absolute atomic E-state index is 0.136. The molecule has 0 aromatic rings. The van der Waals surface area contributed by atoms with E-state index in [1.54, 1.807) is 12.0 Å². The number of piperazine rings is 1. The zero-order valence-corrected chi connectivity index (χ0v) is 12.4. The quantitative estimate of drug-likeness (QED) is 0.776. The normalized spacial score (nSPS) is 32.3. The molecule has 1 saturated carbocycles. The van der Waals surface area contributed by atoms with Gasteiger partial charge in [-0.25, -0.2) is 0 Å². The van der Waals surface area contributed by atoms with Gasteiger partial charge in [-0.1, -0.05) is 6.92 Å². The second kappa shape index (κ2) is 5.02. The van der Waals surface area contributed by atoms with Gasteiger partial charge in [0.15, 0.2) is 0 Å². The van der Waals surface area contributed by atoms with E-state index in [-0.39, 0.29) is 29.5 Å². The predicted molar refractivity (Wildman–Crippen MR) is 74.1 cm³/mol. The van der Waals surface area contributed by atoms with Crippen LogP contribution in [0.5, 0.6) is 0 Å². The average Bonchev–Trinajstić information content (AvgIpc) is 2.89. The van der Waals surface area contributed by atoms with Crippen molar-refractivity contribution in [2.24, 2.45) is 0 Å². The maximum absolute atomic E-state index is 12.7. The third-order valence-electron chi connectivity index (χ3n) is 5.31. The van der Waals surface area contributed by atoms with Crippen LogP contribution in [-0.4, -0.2) is 59.5 Å². The largest absolute Gasteiger partial charge is 0.376 e. The van der Waals surface area contributed by atoms with Gasteiger partial charge >= 0.3 is 0 Å². The van der Waals surface area contributed by atoms with Gasteiger partial charge in [0.2, 0.25) is 11.8 Å². The van der Waals surface area contributed by atoms with Gasteiger partial charge in [-0.2, -0.15) is 0 Å². The summed E-state index contributed by atoms with van der Waals surface area (Å²) < 4.78 is 5.65. The van der Waals surface area contributed by atoms with E-state index < -0.39 is 0 Å². The highest BCUT2D eigenvalue weighted by molar-refractivity contribution is 5.97. The van der Waals surface area contributed by atoms with Crippen molar-refractivity contribution in [1.82, 2.24) is 9.80 Å². The number of carbonyl (C=O) groups is 2. The number of hydrogen-bond acceptors (Lipinski definition) is 3. The molecule has 112 valence electrons. The Kier molecular flexibility index (Phi) is 3.48. The first kappa shape index (κ1) is 13.9. The number of methoxy groups -OCH3 is 1. The molecular weight excluding hydrogens is 256 g/mol. The van der Waals surface area contributed by atoms with Crippen LogP contribution in [-0.2, 0) is 14.3 Å². The molecule has 3 fully saturated rings.